The Bertz CT molecular complexity index is 537. The van der Waals surface area contributed by atoms with Crippen molar-refractivity contribution >= 4 is 11.7 Å². The molecular formula is C10H8F3N3O3. The molecule has 1 heterocycles. The summed E-state index contributed by atoms with van der Waals surface area (Å²) in [6.07, 6.45) is -5.00. The monoisotopic (exact) mass is 275 g/mol. The summed E-state index contributed by atoms with van der Waals surface area (Å²) in [4.78, 5) is 14.7. The van der Waals surface area contributed by atoms with Gasteiger partial charge in [0.25, 0.3) is 0 Å². The maximum Gasteiger partial charge on any atom is 0.574 e. The predicted molar refractivity (Wildman–Crippen MR) is 56.0 cm³/mol. The Kier molecular flexibility index (Phi) is 4.16. The standard InChI is InChI=1S/C10H8F3N3O3/c1-2-18-9(17)5-3-6(15)8(16-7(5)4-14)19-10(11,12)13/h3H,2,15H2,1H3. The van der Waals surface area contributed by atoms with E-state index in [1.807, 2.05) is 0 Å². The first-order valence-corrected chi connectivity index (χ1v) is 4.92. The fourth-order valence-electron chi connectivity index (χ4n) is 1.15. The first-order valence-electron chi connectivity index (χ1n) is 4.92. The van der Waals surface area contributed by atoms with Crippen molar-refractivity contribution in [1.29, 1.82) is 5.26 Å². The molecule has 6 nitrogen and oxygen atoms in total. The topological polar surface area (TPSA) is 98.2 Å². The van der Waals surface area contributed by atoms with Crippen LogP contribution in [0.25, 0.3) is 0 Å². The second-order valence-corrected chi connectivity index (χ2v) is 3.16. The van der Waals surface area contributed by atoms with Crippen LogP contribution in [0.1, 0.15) is 23.0 Å². The summed E-state index contributed by atoms with van der Waals surface area (Å²) in [6, 6.07) is 2.33. The van der Waals surface area contributed by atoms with Crippen LogP contribution < -0.4 is 10.5 Å². The molecule has 1 aromatic rings. The molecule has 0 atom stereocenters. The number of halogens is 3. The Morgan fingerprint density at radius 1 is 1.58 bits per heavy atom. The quantitative estimate of drug-likeness (QED) is 0.841. The lowest BCUT2D eigenvalue weighted by molar-refractivity contribution is -0.275. The van der Waals surface area contributed by atoms with E-state index < -0.39 is 29.6 Å². The molecule has 0 amide bonds. The maximum absolute atomic E-state index is 12.0. The van der Waals surface area contributed by atoms with Crippen LogP contribution in [0.3, 0.4) is 0 Å². The highest BCUT2D eigenvalue weighted by Crippen LogP contribution is 2.28. The molecule has 1 rings (SSSR count). The van der Waals surface area contributed by atoms with Gasteiger partial charge in [0.1, 0.15) is 6.07 Å². The Balaban J connectivity index is 3.22. The van der Waals surface area contributed by atoms with Gasteiger partial charge in [-0.3, -0.25) is 0 Å². The van der Waals surface area contributed by atoms with E-state index in [4.69, 9.17) is 11.0 Å². The maximum atomic E-state index is 12.0. The number of alkyl halides is 3. The number of carbonyl (C=O) groups excluding carboxylic acids is 1. The third-order valence-electron chi connectivity index (χ3n) is 1.83. The second kappa shape index (κ2) is 5.43. The molecule has 0 saturated heterocycles. The molecule has 0 spiro atoms. The number of nitrogens with two attached hydrogens (primary N) is 1. The highest BCUT2D eigenvalue weighted by Gasteiger charge is 2.33. The lowest BCUT2D eigenvalue weighted by Crippen LogP contribution is -2.20. The molecule has 19 heavy (non-hydrogen) atoms. The zero-order chi connectivity index (χ0) is 14.6. The molecule has 0 aliphatic carbocycles. The summed E-state index contributed by atoms with van der Waals surface area (Å²) in [5.74, 6) is -1.89. The average molecular weight is 275 g/mol. The van der Waals surface area contributed by atoms with E-state index in [-0.39, 0.29) is 12.2 Å². The number of ether oxygens (including phenoxy) is 2. The van der Waals surface area contributed by atoms with E-state index in [9.17, 15) is 18.0 Å². The predicted octanol–water partition coefficient (Wildman–Crippen LogP) is 1.61. The molecule has 2 N–H and O–H groups in total. The molecule has 0 aromatic carbocycles. The number of esters is 1. The van der Waals surface area contributed by atoms with Crippen LogP contribution in [0.2, 0.25) is 0 Å². The average Bonchev–Trinajstić information content (AvgIpc) is 2.29. The molecule has 1 aromatic heterocycles. The van der Waals surface area contributed by atoms with E-state index in [2.05, 4.69) is 14.5 Å². The number of rotatable bonds is 3. The fraction of sp³-hybridized carbons (Fsp3) is 0.300. The lowest BCUT2D eigenvalue weighted by Gasteiger charge is -2.11. The molecule has 0 saturated carbocycles. The smallest absolute Gasteiger partial charge is 0.462 e. The number of pyridine rings is 1. The van der Waals surface area contributed by atoms with Crippen LogP contribution in [0.4, 0.5) is 18.9 Å². The number of nitriles is 1. The Morgan fingerprint density at radius 2 is 2.21 bits per heavy atom. The van der Waals surface area contributed by atoms with E-state index >= 15 is 0 Å². The Hall–Kier alpha value is -2.50. The van der Waals surface area contributed by atoms with E-state index in [1.165, 1.54) is 13.0 Å². The van der Waals surface area contributed by atoms with Crippen LogP contribution in [-0.2, 0) is 4.74 Å². The van der Waals surface area contributed by atoms with Gasteiger partial charge in [-0.05, 0) is 13.0 Å². The van der Waals surface area contributed by atoms with Gasteiger partial charge >= 0.3 is 12.3 Å². The van der Waals surface area contributed by atoms with Crippen LogP contribution in [0.5, 0.6) is 5.88 Å². The van der Waals surface area contributed by atoms with Crippen molar-refractivity contribution < 1.29 is 27.4 Å². The van der Waals surface area contributed by atoms with Gasteiger partial charge in [0.15, 0.2) is 5.69 Å². The minimum absolute atomic E-state index is 0.0322. The largest absolute Gasteiger partial charge is 0.574 e. The van der Waals surface area contributed by atoms with Crippen molar-refractivity contribution in [3.63, 3.8) is 0 Å². The van der Waals surface area contributed by atoms with Gasteiger partial charge in [-0.2, -0.15) is 10.2 Å². The molecule has 0 unspecified atom stereocenters. The van der Waals surface area contributed by atoms with Gasteiger partial charge in [-0.1, -0.05) is 0 Å². The minimum atomic E-state index is -5.00. The summed E-state index contributed by atoms with van der Waals surface area (Å²) in [7, 11) is 0. The van der Waals surface area contributed by atoms with Gasteiger partial charge in [-0.25, -0.2) is 4.79 Å². The van der Waals surface area contributed by atoms with Crippen LogP contribution in [-0.4, -0.2) is 23.9 Å². The molecular weight excluding hydrogens is 267 g/mol. The van der Waals surface area contributed by atoms with Crippen molar-refractivity contribution in [2.75, 3.05) is 12.3 Å². The zero-order valence-electron chi connectivity index (χ0n) is 9.61. The fourth-order valence-corrected chi connectivity index (χ4v) is 1.15. The molecule has 0 aliphatic rings. The number of anilines is 1. The molecule has 0 fully saturated rings. The minimum Gasteiger partial charge on any atom is -0.462 e. The number of hydrogen-bond acceptors (Lipinski definition) is 6. The highest BCUT2D eigenvalue weighted by atomic mass is 19.4. The van der Waals surface area contributed by atoms with Gasteiger partial charge in [0.2, 0.25) is 5.88 Å². The van der Waals surface area contributed by atoms with Crippen molar-refractivity contribution in [1.82, 2.24) is 4.98 Å². The van der Waals surface area contributed by atoms with Gasteiger partial charge in [0, 0.05) is 0 Å². The van der Waals surface area contributed by atoms with Crippen LogP contribution in [0, 0.1) is 11.3 Å². The number of nitrogen functional groups attached to an aromatic ring is 1. The van der Waals surface area contributed by atoms with Crippen LogP contribution >= 0.6 is 0 Å². The Labute approximate surface area is 105 Å². The first-order chi connectivity index (χ1) is 8.78. The van der Waals surface area contributed by atoms with Crippen molar-refractivity contribution in [3.05, 3.63) is 17.3 Å². The summed E-state index contributed by atoms with van der Waals surface area (Å²) >= 11 is 0. The van der Waals surface area contributed by atoms with E-state index in [0.717, 1.165) is 6.07 Å². The van der Waals surface area contributed by atoms with Crippen molar-refractivity contribution in [3.8, 4) is 11.9 Å². The van der Waals surface area contributed by atoms with Crippen molar-refractivity contribution in [2.24, 2.45) is 0 Å². The number of carbonyl (C=O) groups is 1. The molecule has 0 bridgehead atoms. The SMILES string of the molecule is CCOC(=O)c1cc(N)c(OC(F)(F)F)nc1C#N. The summed E-state index contributed by atoms with van der Waals surface area (Å²) in [6.45, 7) is 1.56. The third kappa shape index (κ3) is 3.74. The van der Waals surface area contributed by atoms with E-state index in [1.54, 1.807) is 0 Å². The molecule has 9 heteroatoms. The summed E-state index contributed by atoms with van der Waals surface area (Å²) < 4.78 is 44.3. The molecule has 102 valence electrons. The second-order valence-electron chi connectivity index (χ2n) is 3.16. The van der Waals surface area contributed by atoms with Gasteiger partial charge in [-0.15, -0.1) is 13.2 Å². The lowest BCUT2D eigenvalue weighted by atomic mass is 10.2. The third-order valence-corrected chi connectivity index (χ3v) is 1.83. The Morgan fingerprint density at radius 3 is 2.68 bits per heavy atom. The van der Waals surface area contributed by atoms with Gasteiger partial charge < -0.3 is 15.2 Å². The number of hydrogen-bond donors (Lipinski definition) is 1. The van der Waals surface area contributed by atoms with Gasteiger partial charge in [0.05, 0.1) is 17.9 Å². The number of aromatic nitrogens is 1. The molecule has 0 aliphatic heterocycles. The normalized spacial score (nSPS) is 10.7. The summed E-state index contributed by atoms with van der Waals surface area (Å²) in [5.41, 5.74) is 3.87. The molecule has 0 radical (unpaired) electrons. The van der Waals surface area contributed by atoms with E-state index in [0.29, 0.717) is 0 Å². The summed E-state index contributed by atoms with van der Waals surface area (Å²) in [5, 5.41) is 8.75. The highest BCUT2D eigenvalue weighted by molar-refractivity contribution is 5.93. The number of nitrogens with zero attached hydrogens (tertiary/aromatic N) is 2. The van der Waals surface area contributed by atoms with Crippen LogP contribution in [0.15, 0.2) is 6.07 Å². The first kappa shape index (κ1) is 14.6. The zero-order valence-corrected chi connectivity index (χ0v) is 9.61. The van der Waals surface area contributed by atoms with Crippen molar-refractivity contribution in [2.45, 2.75) is 13.3 Å².